The summed E-state index contributed by atoms with van der Waals surface area (Å²) >= 11 is 1.46. The quantitative estimate of drug-likeness (QED) is 0.511. The van der Waals surface area contributed by atoms with Crippen molar-refractivity contribution in [3.8, 4) is 10.8 Å². The number of aromatic nitrogens is 4. The summed E-state index contributed by atoms with van der Waals surface area (Å²) in [4.78, 5) is 17.8. The van der Waals surface area contributed by atoms with E-state index in [1.165, 1.54) is 34.6 Å². The van der Waals surface area contributed by atoms with E-state index in [0.717, 1.165) is 4.88 Å². The van der Waals surface area contributed by atoms with Crippen LogP contribution in [0.15, 0.2) is 32.8 Å². The number of fused-ring (bicyclic) bond motifs is 1. The predicted molar refractivity (Wildman–Crippen MR) is 98.4 cm³/mol. The molecule has 28 heavy (non-hydrogen) atoms. The van der Waals surface area contributed by atoms with E-state index in [0.29, 0.717) is 23.4 Å². The SMILES string of the molecule is Cc1oc(-c2cccs2)nc1Cn1c(=O)cc(C(F)(F)F)c2c(C)nn(C)c21. The average Bonchev–Trinajstić information content (AvgIpc) is 3.30. The third kappa shape index (κ3) is 2.93. The minimum absolute atomic E-state index is 0.0207. The normalized spacial score (nSPS) is 12.2. The maximum Gasteiger partial charge on any atom is 0.417 e. The van der Waals surface area contributed by atoms with E-state index in [-0.39, 0.29) is 23.3 Å². The molecule has 0 N–H and O–H groups in total. The number of pyridine rings is 1. The van der Waals surface area contributed by atoms with E-state index in [4.69, 9.17) is 4.42 Å². The highest BCUT2D eigenvalue weighted by molar-refractivity contribution is 7.13. The molecule has 0 fully saturated rings. The molecular formula is C18H15F3N4O2S. The summed E-state index contributed by atoms with van der Waals surface area (Å²) in [5.74, 6) is 0.919. The number of rotatable bonds is 3. The molecule has 10 heteroatoms. The molecule has 0 aliphatic rings. The smallest absolute Gasteiger partial charge is 0.417 e. The molecule has 0 amide bonds. The molecule has 4 aromatic rings. The molecule has 146 valence electrons. The lowest BCUT2D eigenvalue weighted by atomic mass is 10.1. The zero-order chi connectivity index (χ0) is 20.2. The first kappa shape index (κ1) is 18.5. The molecule has 0 unspecified atom stereocenters. The Morgan fingerprint density at radius 2 is 2.04 bits per heavy atom. The topological polar surface area (TPSA) is 65.8 Å². The Hall–Kier alpha value is -2.88. The van der Waals surface area contributed by atoms with E-state index < -0.39 is 17.3 Å². The lowest BCUT2D eigenvalue weighted by Gasteiger charge is -2.13. The number of thiophene rings is 1. The molecule has 0 aliphatic heterocycles. The third-order valence-corrected chi connectivity index (χ3v) is 5.35. The molecule has 0 saturated heterocycles. The fraction of sp³-hybridized carbons (Fsp3) is 0.278. The standard InChI is InChI=1S/C18H15F3N4O2S/c1-9-15-11(18(19,20)21)7-14(26)25(17(15)24(3)23-9)8-12-10(2)27-16(22-12)13-5-4-6-28-13/h4-7H,8H2,1-3H3. The monoisotopic (exact) mass is 408 g/mol. The number of hydrogen-bond acceptors (Lipinski definition) is 5. The Bertz CT molecular complexity index is 1230. The van der Waals surface area contributed by atoms with E-state index >= 15 is 0 Å². The average molecular weight is 408 g/mol. The van der Waals surface area contributed by atoms with Crippen molar-refractivity contribution in [2.75, 3.05) is 0 Å². The van der Waals surface area contributed by atoms with E-state index in [1.807, 2.05) is 17.5 Å². The first-order valence-corrected chi connectivity index (χ1v) is 9.19. The second-order valence-electron chi connectivity index (χ2n) is 6.39. The predicted octanol–water partition coefficient (Wildman–Crippen LogP) is 4.14. The molecule has 0 atom stereocenters. The van der Waals surface area contributed by atoms with E-state index in [1.54, 1.807) is 6.92 Å². The number of nitrogens with zero attached hydrogens (tertiary/aromatic N) is 4. The molecule has 0 saturated carbocycles. The van der Waals surface area contributed by atoms with Gasteiger partial charge in [0.2, 0.25) is 5.89 Å². The second kappa shape index (κ2) is 6.33. The number of hydrogen-bond donors (Lipinski definition) is 0. The van der Waals surface area contributed by atoms with Crippen molar-refractivity contribution < 1.29 is 17.6 Å². The van der Waals surface area contributed by atoms with Gasteiger partial charge in [0.05, 0.1) is 28.1 Å². The molecule has 4 rings (SSSR count). The molecule has 0 radical (unpaired) electrons. The zero-order valence-electron chi connectivity index (χ0n) is 15.2. The van der Waals surface area contributed by atoms with Crippen LogP contribution >= 0.6 is 11.3 Å². The zero-order valence-corrected chi connectivity index (χ0v) is 16.0. The highest BCUT2D eigenvalue weighted by atomic mass is 32.1. The summed E-state index contributed by atoms with van der Waals surface area (Å²) in [6.07, 6.45) is -4.65. The van der Waals surface area contributed by atoms with Crippen molar-refractivity contribution >= 4 is 22.4 Å². The van der Waals surface area contributed by atoms with Crippen LogP contribution in [-0.2, 0) is 19.8 Å². The fourth-order valence-corrected chi connectivity index (χ4v) is 3.90. The van der Waals surface area contributed by atoms with Crippen LogP contribution < -0.4 is 5.56 Å². The summed E-state index contributed by atoms with van der Waals surface area (Å²) in [5, 5.41) is 5.89. The first-order valence-electron chi connectivity index (χ1n) is 8.31. The van der Waals surface area contributed by atoms with Gasteiger partial charge >= 0.3 is 6.18 Å². The van der Waals surface area contributed by atoms with Gasteiger partial charge in [0.15, 0.2) is 0 Å². The van der Waals surface area contributed by atoms with Crippen molar-refractivity contribution in [1.29, 1.82) is 0 Å². The van der Waals surface area contributed by atoms with Crippen molar-refractivity contribution in [2.24, 2.45) is 7.05 Å². The van der Waals surface area contributed by atoms with Gasteiger partial charge in [0, 0.05) is 13.1 Å². The van der Waals surface area contributed by atoms with E-state index in [9.17, 15) is 18.0 Å². The second-order valence-corrected chi connectivity index (χ2v) is 7.33. The van der Waals surface area contributed by atoms with Crippen molar-refractivity contribution in [3.05, 3.63) is 56.6 Å². The van der Waals surface area contributed by atoms with Gasteiger partial charge in [0.1, 0.15) is 17.1 Å². The van der Waals surface area contributed by atoms with Crippen LogP contribution in [0.25, 0.3) is 21.8 Å². The van der Waals surface area contributed by atoms with Crippen LogP contribution in [-0.4, -0.2) is 19.3 Å². The van der Waals surface area contributed by atoms with Crippen LogP contribution in [0.4, 0.5) is 13.2 Å². The van der Waals surface area contributed by atoms with Crippen LogP contribution in [0.5, 0.6) is 0 Å². The molecule has 0 aliphatic carbocycles. The lowest BCUT2D eigenvalue weighted by molar-refractivity contribution is -0.136. The van der Waals surface area contributed by atoms with Gasteiger partial charge in [-0.25, -0.2) is 4.98 Å². The minimum atomic E-state index is -4.65. The summed E-state index contributed by atoms with van der Waals surface area (Å²) in [7, 11) is 1.51. The van der Waals surface area contributed by atoms with Crippen LogP contribution in [0.2, 0.25) is 0 Å². The summed E-state index contributed by atoms with van der Waals surface area (Å²) in [6, 6.07) is 4.33. The number of oxazole rings is 1. The fourth-order valence-electron chi connectivity index (χ4n) is 3.26. The molecule has 4 aromatic heterocycles. The van der Waals surface area contributed by atoms with Gasteiger partial charge in [-0.05, 0) is 25.3 Å². The van der Waals surface area contributed by atoms with Gasteiger partial charge in [0.25, 0.3) is 5.56 Å². The molecule has 4 heterocycles. The number of alkyl halides is 3. The third-order valence-electron chi connectivity index (χ3n) is 4.49. The van der Waals surface area contributed by atoms with Crippen molar-refractivity contribution in [1.82, 2.24) is 19.3 Å². The molecule has 0 spiro atoms. The van der Waals surface area contributed by atoms with Gasteiger partial charge in [-0.1, -0.05) is 6.07 Å². The van der Waals surface area contributed by atoms with Crippen molar-refractivity contribution in [3.63, 3.8) is 0 Å². The highest BCUT2D eigenvalue weighted by Gasteiger charge is 2.36. The summed E-state index contributed by atoms with van der Waals surface area (Å²) < 4.78 is 48.6. The van der Waals surface area contributed by atoms with Crippen LogP contribution in [0, 0.1) is 13.8 Å². The minimum Gasteiger partial charge on any atom is -0.440 e. The van der Waals surface area contributed by atoms with Gasteiger partial charge < -0.3 is 4.42 Å². The summed E-state index contributed by atoms with van der Waals surface area (Å²) in [5.41, 5.74) is -0.981. The van der Waals surface area contributed by atoms with E-state index in [2.05, 4.69) is 10.1 Å². The summed E-state index contributed by atoms with van der Waals surface area (Å²) in [6.45, 7) is 3.18. The lowest BCUT2D eigenvalue weighted by Crippen LogP contribution is -2.25. The first-order chi connectivity index (χ1) is 13.2. The maximum atomic E-state index is 13.5. The Kier molecular flexibility index (Phi) is 4.18. The Morgan fingerprint density at radius 1 is 1.29 bits per heavy atom. The van der Waals surface area contributed by atoms with Gasteiger partial charge in [-0.3, -0.25) is 14.0 Å². The maximum absolute atomic E-state index is 13.5. The Balaban J connectivity index is 1.89. The Morgan fingerprint density at radius 3 is 2.68 bits per heavy atom. The Labute approximate surface area is 160 Å². The van der Waals surface area contributed by atoms with Crippen LogP contribution in [0.3, 0.4) is 0 Å². The number of halogens is 3. The number of aryl methyl sites for hydroxylation is 3. The largest absolute Gasteiger partial charge is 0.440 e. The highest BCUT2D eigenvalue weighted by Crippen LogP contribution is 2.35. The molecule has 0 bridgehead atoms. The van der Waals surface area contributed by atoms with Gasteiger partial charge in [-0.15, -0.1) is 11.3 Å². The van der Waals surface area contributed by atoms with Gasteiger partial charge in [-0.2, -0.15) is 18.3 Å². The molecule has 6 nitrogen and oxygen atoms in total. The molecule has 0 aromatic carbocycles. The van der Waals surface area contributed by atoms with Crippen LogP contribution in [0.1, 0.15) is 22.7 Å². The van der Waals surface area contributed by atoms with Crippen molar-refractivity contribution in [2.45, 2.75) is 26.6 Å². The molecular weight excluding hydrogens is 393 g/mol.